The Morgan fingerprint density at radius 2 is 2.14 bits per heavy atom. The molecule has 4 heteroatoms. The first kappa shape index (κ1) is 14.0. The molecule has 1 aromatic carbocycles. The van der Waals surface area contributed by atoms with E-state index in [9.17, 15) is 4.79 Å². The number of nitrogens with two attached hydrogens (primary N) is 1. The van der Waals surface area contributed by atoms with Gasteiger partial charge in [0, 0.05) is 18.1 Å². The fourth-order valence-corrected chi connectivity index (χ4v) is 3.19. The van der Waals surface area contributed by atoms with Crippen LogP contribution in [0.25, 0.3) is 10.9 Å². The maximum absolute atomic E-state index is 12.4. The number of ether oxygens (including phenoxy) is 1. The quantitative estimate of drug-likeness (QED) is 0.856. The van der Waals surface area contributed by atoms with Crippen LogP contribution in [-0.2, 0) is 16.0 Å². The number of methoxy groups -OCH3 is 1. The van der Waals surface area contributed by atoms with Gasteiger partial charge in [-0.25, -0.2) is 0 Å². The van der Waals surface area contributed by atoms with E-state index in [0.29, 0.717) is 18.9 Å². The molecule has 4 nitrogen and oxygen atoms in total. The highest BCUT2D eigenvalue weighted by Crippen LogP contribution is 2.48. The van der Waals surface area contributed by atoms with Crippen LogP contribution in [0.15, 0.2) is 36.5 Å². The SMILES string of the molecule is COC(=O)C(CN)(Cc1cccc2cccnc12)C1CC1. The molecule has 1 saturated carbocycles. The molecule has 1 unspecified atom stereocenters. The van der Waals surface area contributed by atoms with Gasteiger partial charge in [-0.05, 0) is 36.8 Å². The van der Waals surface area contributed by atoms with Crippen molar-refractivity contribution in [1.29, 1.82) is 0 Å². The number of carbonyl (C=O) groups is 1. The fraction of sp³-hybridized carbons (Fsp3) is 0.412. The zero-order valence-electron chi connectivity index (χ0n) is 12.2. The lowest BCUT2D eigenvalue weighted by Crippen LogP contribution is -2.43. The van der Waals surface area contributed by atoms with Gasteiger partial charge in [0.15, 0.2) is 0 Å². The van der Waals surface area contributed by atoms with Crippen molar-refractivity contribution in [2.24, 2.45) is 17.1 Å². The van der Waals surface area contributed by atoms with Crippen molar-refractivity contribution in [3.63, 3.8) is 0 Å². The van der Waals surface area contributed by atoms with Gasteiger partial charge in [-0.3, -0.25) is 9.78 Å². The van der Waals surface area contributed by atoms with Crippen LogP contribution in [0.2, 0.25) is 0 Å². The molecule has 2 N–H and O–H groups in total. The van der Waals surface area contributed by atoms with Gasteiger partial charge in [0.1, 0.15) is 0 Å². The summed E-state index contributed by atoms with van der Waals surface area (Å²) in [6, 6.07) is 10.0. The summed E-state index contributed by atoms with van der Waals surface area (Å²) in [5.41, 5.74) is 7.40. The number of fused-ring (bicyclic) bond motifs is 1. The fourth-order valence-electron chi connectivity index (χ4n) is 3.19. The highest BCUT2D eigenvalue weighted by molar-refractivity contribution is 5.84. The van der Waals surface area contributed by atoms with Crippen molar-refractivity contribution in [2.75, 3.05) is 13.7 Å². The van der Waals surface area contributed by atoms with Crippen LogP contribution in [-0.4, -0.2) is 24.6 Å². The molecule has 0 bridgehead atoms. The molecule has 0 saturated heterocycles. The molecule has 21 heavy (non-hydrogen) atoms. The van der Waals surface area contributed by atoms with Gasteiger partial charge >= 0.3 is 5.97 Å². The Bertz CT molecular complexity index is 661. The molecular formula is C17H20N2O2. The number of rotatable bonds is 5. The molecule has 0 aliphatic heterocycles. The molecule has 0 spiro atoms. The molecule has 0 amide bonds. The van der Waals surface area contributed by atoms with Crippen LogP contribution < -0.4 is 5.73 Å². The zero-order valence-corrected chi connectivity index (χ0v) is 12.2. The van der Waals surface area contributed by atoms with E-state index >= 15 is 0 Å². The minimum absolute atomic E-state index is 0.194. The van der Waals surface area contributed by atoms with Gasteiger partial charge in [0.2, 0.25) is 0 Å². The van der Waals surface area contributed by atoms with E-state index < -0.39 is 5.41 Å². The van der Waals surface area contributed by atoms with Crippen LogP contribution in [0.5, 0.6) is 0 Å². The van der Waals surface area contributed by atoms with Crippen molar-refractivity contribution >= 4 is 16.9 Å². The van der Waals surface area contributed by atoms with Crippen LogP contribution in [0.4, 0.5) is 0 Å². The van der Waals surface area contributed by atoms with Crippen molar-refractivity contribution in [3.8, 4) is 0 Å². The summed E-state index contributed by atoms with van der Waals surface area (Å²) in [6.07, 6.45) is 4.47. The van der Waals surface area contributed by atoms with Crippen LogP contribution in [0.1, 0.15) is 18.4 Å². The minimum atomic E-state index is -0.611. The van der Waals surface area contributed by atoms with Crippen molar-refractivity contribution in [2.45, 2.75) is 19.3 Å². The first-order valence-electron chi connectivity index (χ1n) is 7.32. The summed E-state index contributed by atoms with van der Waals surface area (Å²) in [5.74, 6) is 0.134. The number of hydrogen-bond acceptors (Lipinski definition) is 4. The Kier molecular flexibility index (Phi) is 3.64. The van der Waals surface area contributed by atoms with Crippen LogP contribution >= 0.6 is 0 Å². The van der Waals surface area contributed by atoms with Gasteiger partial charge in [-0.15, -0.1) is 0 Å². The Hall–Kier alpha value is -1.94. The molecule has 0 radical (unpaired) electrons. The van der Waals surface area contributed by atoms with Crippen molar-refractivity contribution in [3.05, 3.63) is 42.1 Å². The summed E-state index contributed by atoms with van der Waals surface area (Å²) in [7, 11) is 1.44. The van der Waals surface area contributed by atoms with Crippen molar-refractivity contribution in [1.82, 2.24) is 4.98 Å². The van der Waals surface area contributed by atoms with E-state index in [1.807, 2.05) is 30.3 Å². The number of carbonyl (C=O) groups excluding carboxylic acids is 1. The maximum atomic E-state index is 12.4. The van der Waals surface area contributed by atoms with Crippen molar-refractivity contribution < 1.29 is 9.53 Å². The molecule has 1 aromatic heterocycles. The lowest BCUT2D eigenvalue weighted by molar-refractivity contribution is -0.153. The van der Waals surface area contributed by atoms with E-state index in [1.165, 1.54) is 7.11 Å². The maximum Gasteiger partial charge on any atom is 0.313 e. The van der Waals surface area contributed by atoms with Gasteiger partial charge < -0.3 is 10.5 Å². The van der Waals surface area contributed by atoms with Crippen LogP contribution in [0.3, 0.4) is 0 Å². The lowest BCUT2D eigenvalue weighted by Gasteiger charge is -2.30. The molecule has 1 aliphatic rings. The van der Waals surface area contributed by atoms with E-state index in [1.54, 1.807) is 6.20 Å². The summed E-state index contributed by atoms with van der Waals surface area (Å²) >= 11 is 0. The molecule has 1 aliphatic carbocycles. The molecule has 110 valence electrons. The monoisotopic (exact) mass is 284 g/mol. The van der Waals surface area contributed by atoms with E-state index in [0.717, 1.165) is 29.3 Å². The molecule has 1 heterocycles. The average Bonchev–Trinajstić information content (AvgIpc) is 3.37. The van der Waals surface area contributed by atoms with Gasteiger partial charge in [-0.2, -0.15) is 0 Å². The van der Waals surface area contributed by atoms with Crippen LogP contribution in [0, 0.1) is 11.3 Å². The van der Waals surface area contributed by atoms with Gasteiger partial charge in [0.05, 0.1) is 18.0 Å². The number of hydrogen-bond donors (Lipinski definition) is 1. The second-order valence-electron chi connectivity index (χ2n) is 5.80. The summed E-state index contributed by atoms with van der Waals surface area (Å²) in [6.45, 7) is 0.313. The second kappa shape index (κ2) is 5.45. The predicted molar refractivity (Wildman–Crippen MR) is 81.7 cm³/mol. The smallest absolute Gasteiger partial charge is 0.313 e. The van der Waals surface area contributed by atoms with E-state index in [4.69, 9.17) is 10.5 Å². The third-order valence-corrected chi connectivity index (χ3v) is 4.54. The summed E-state index contributed by atoms with van der Waals surface area (Å²) < 4.78 is 5.05. The number of esters is 1. The first-order valence-corrected chi connectivity index (χ1v) is 7.32. The topological polar surface area (TPSA) is 65.2 Å². The third kappa shape index (κ3) is 2.40. The number of nitrogens with zero attached hydrogens (tertiary/aromatic N) is 1. The average molecular weight is 284 g/mol. The lowest BCUT2D eigenvalue weighted by atomic mass is 9.76. The molecule has 1 atom stereocenters. The molecule has 2 aromatic rings. The number of benzene rings is 1. The summed E-state index contributed by atoms with van der Waals surface area (Å²) in [5, 5.41) is 1.08. The second-order valence-corrected chi connectivity index (χ2v) is 5.80. The summed E-state index contributed by atoms with van der Waals surface area (Å²) in [4.78, 5) is 16.8. The number of para-hydroxylation sites is 1. The Labute approximate surface area is 124 Å². The Morgan fingerprint density at radius 3 is 2.81 bits per heavy atom. The number of pyridine rings is 1. The highest BCUT2D eigenvalue weighted by atomic mass is 16.5. The Morgan fingerprint density at radius 1 is 1.38 bits per heavy atom. The van der Waals surface area contributed by atoms with E-state index in [2.05, 4.69) is 4.98 Å². The zero-order chi connectivity index (χ0) is 14.9. The standard InChI is InChI=1S/C17H20N2O2/c1-21-16(20)17(11-18,14-7-8-14)10-13-5-2-4-12-6-3-9-19-15(12)13/h2-6,9,14H,7-8,10-11,18H2,1H3. The molecular weight excluding hydrogens is 264 g/mol. The highest BCUT2D eigenvalue weighted by Gasteiger charge is 2.51. The Balaban J connectivity index is 2.04. The molecule has 1 fully saturated rings. The van der Waals surface area contributed by atoms with Gasteiger partial charge in [0.25, 0.3) is 0 Å². The van der Waals surface area contributed by atoms with Gasteiger partial charge in [-0.1, -0.05) is 24.3 Å². The normalized spacial score (nSPS) is 17.4. The first-order chi connectivity index (χ1) is 10.2. The molecule has 3 rings (SSSR count). The minimum Gasteiger partial charge on any atom is -0.469 e. The third-order valence-electron chi connectivity index (χ3n) is 4.54. The largest absolute Gasteiger partial charge is 0.469 e. The number of aromatic nitrogens is 1. The van der Waals surface area contributed by atoms with E-state index in [-0.39, 0.29) is 5.97 Å². The predicted octanol–water partition coefficient (Wildman–Crippen LogP) is 2.31.